The van der Waals surface area contributed by atoms with Crippen LogP contribution in [0.15, 0.2) is 18.2 Å². The van der Waals surface area contributed by atoms with Crippen molar-refractivity contribution in [3.05, 3.63) is 29.3 Å². The molecule has 0 aliphatic carbocycles. The SMILES string of the molecule is CC(C)C(CNC(=O)c1ccc2c(c1)CC(=O)N2)C(C)C. The van der Waals surface area contributed by atoms with Gasteiger partial charge < -0.3 is 10.6 Å². The number of hydrogen-bond donors (Lipinski definition) is 2. The number of benzene rings is 1. The molecule has 0 atom stereocenters. The largest absolute Gasteiger partial charge is 0.352 e. The fraction of sp³-hybridized carbons (Fsp3) is 0.529. The standard InChI is InChI=1S/C17H24N2O2/c1-10(2)14(11(3)4)9-18-17(21)12-5-6-15-13(7-12)8-16(20)19-15/h5-7,10-11,14H,8-9H2,1-4H3,(H,18,21)(H,19,20). The fourth-order valence-corrected chi connectivity index (χ4v) is 2.92. The molecule has 21 heavy (non-hydrogen) atoms. The second kappa shape index (κ2) is 6.29. The molecule has 1 aliphatic heterocycles. The first-order valence-corrected chi connectivity index (χ1v) is 7.59. The molecule has 114 valence electrons. The third-order valence-corrected chi connectivity index (χ3v) is 4.20. The Balaban J connectivity index is 2.01. The van der Waals surface area contributed by atoms with Crippen LogP contribution < -0.4 is 10.6 Å². The third kappa shape index (κ3) is 3.63. The van der Waals surface area contributed by atoms with Crippen LogP contribution in [-0.4, -0.2) is 18.4 Å². The highest BCUT2D eigenvalue weighted by atomic mass is 16.2. The lowest BCUT2D eigenvalue weighted by Gasteiger charge is -2.25. The minimum absolute atomic E-state index is 0.0118. The predicted octanol–water partition coefficient (Wildman–Crippen LogP) is 2.84. The van der Waals surface area contributed by atoms with Crippen molar-refractivity contribution in [1.82, 2.24) is 5.32 Å². The van der Waals surface area contributed by atoms with Crippen molar-refractivity contribution in [2.45, 2.75) is 34.1 Å². The Bertz CT molecular complexity index is 542. The van der Waals surface area contributed by atoms with Gasteiger partial charge in [-0.1, -0.05) is 27.7 Å². The van der Waals surface area contributed by atoms with Gasteiger partial charge >= 0.3 is 0 Å². The van der Waals surface area contributed by atoms with Gasteiger partial charge in [-0.05, 0) is 41.5 Å². The molecule has 2 rings (SSSR count). The van der Waals surface area contributed by atoms with Crippen molar-refractivity contribution >= 4 is 17.5 Å². The van der Waals surface area contributed by atoms with Crippen molar-refractivity contribution in [3.63, 3.8) is 0 Å². The molecule has 1 aromatic carbocycles. The van der Waals surface area contributed by atoms with Crippen LogP contribution >= 0.6 is 0 Å². The minimum atomic E-state index is -0.0663. The number of carbonyl (C=O) groups excluding carboxylic acids is 2. The second-order valence-electron chi connectivity index (χ2n) is 6.46. The van der Waals surface area contributed by atoms with Crippen molar-refractivity contribution in [1.29, 1.82) is 0 Å². The normalized spacial score (nSPS) is 13.8. The van der Waals surface area contributed by atoms with E-state index in [9.17, 15) is 9.59 Å². The first-order chi connectivity index (χ1) is 9.88. The molecule has 0 aromatic heterocycles. The number of anilines is 1. The van der Waals surface area contributed by atoms with E-state index in [0.717, 1.165) is 11.3 Å². The summed E-state index contributed by atoms with van der Waals surface area (Å²) in [5, 5.41) is 5.79. The molecule has 4 nitrogen and oxygen atoms in total. The zero-order chi connectivity index (χ0) is 15.6. The summed E-state index contributed by atoms with van der Waals surface area (Å²) in [5.74, 6) is 1.46. The Hall–Kier alpha value is -1.84. The zero-order valence-corrected chi connectivity index (χ0v) is 13.2. The average Bonchev–Trinajstić information content (AvgIpc) is 2.76. The lowest BCUT2D eigenvalue weighted by atomic mass is 9.85. The van der Waals surface area contributed by atoms with E-state index in [1.54, 1.807) is 12.1 Å². The van der Waals surface area contributed by atoms with Gasteiger partial charge in [0.1, 0.15) is 0 Å². The van der Waals surface area contributed by atoms with E-state index in [-0.39, 0.29) is 11.8 Å². The molecule has 0 radical (unpaired) electrons. The maximum absolute atomic E-state index is 12.3. The van der Waals surface area contributed by atoms with E-state index in [0.29, 0.717) is 36.3 Å². The Kier molecular flexibility index (Phi) is 4.66. The van der Waals surface area contributed by atoms with Crippen molar-refractivity contribution in [2.24, 2.45) is 17.8 Å². The molecular formula is C17H24N2O2. The number of amides is 2. The highest BCUT2D eigenvalue weighted by Gasteiger charge is 2.21. The van der Waals surface area contributed by atoms with Crippen LogP contribution in [0, 0.1) is 17.8 Å². The number of fused-ring (bicyclic) bond motifs is 1. The molecule has 0 saturated carbocycles. The van der Waals surface area contributed by atoms with Gasteiger partial charge in [0.05, 0.1) is 6.42 Å². The minimum Gasteiger partial charge on any atom is -0.352 e. The Morgan fingerprint density at radius 1 is 1.24 bits per heavy atom. The van der Waals surface area contributed by atoms with Crippen LogP contribution in [0.4, 0.5) is 5.69 Å². The van der Waals surface area contributed by atoms with E-state index < -0.39 is 0 Å². The molecule has 0 fully saturated rings. The quantitative estimate of drug-likeness (QED) is 0.875. The smallest absolute Gasteiger partial charge is 0.251 e. The summed E-state index contributed by atoms with van der Waals surface area (Å²) in [5.41, 5.74) is 2.34. The average molecular weight is 288 g/mol. The first-order valence-electron chi connectivity index (χ1n) is 7.59. The van der Waals surface area contributed by atoms with Gasteiger partial charge in [-0.15, -0.1) is 0 Å². The van der Waals surface area contributed by atoms with Crippen LogP contribution in [0.5, 0.6) is 0 Å². The number of rotatable bonds is 5. The summed E-state index contributed by atoms with van der Waals surface area (Å²) in [4.78, 5) is 23.6. The van der Waals surface area contributed by atoms with Gasteiger partial charge in [0, 0.05) is 17.8 Å². The molecule has 1 heterocycles. The van der Waals surface area contributed by atoms with Crippen LogP contribution in [0.3, 0.4) is 0 Å². The molecule has 4 heteroatoms. The van der Waals surface area contributed by atoms with E-state index in [4.69, 9.17) is 0 Å². The molecule has 1 aliphatic rings. The van der Waals surface area contributed by atoms with Crippen molar-refractivity contribution in [2.75, 3.05) is 11.9 Å². The summed E-state index contributed by atoms with van der Waals surface area (Å²) >= 11 is 0. The van der Waals surface area contributed by atoms with Crippen LogP contribution in [0.25, 0.3) is 0 Å². The second-order valence-corrected chi connectivity index (χ2v) is 6.46. The van der Waals surface area contributed by atoms with Crippen LogP contribution in [-0.2, 0) is 11.2 Å². The molecule has 0 unspecified atom stereocenters. The summed E-state index contributed by atoms with van der Waals surface area (Å²) in [6, 6.07) is 5.37. The van der Waals surface area contributed by atoms with Crippen molar-refractivity contribution < 1.29 is 9.59 Å². The molecule has 0 bridgehead atoms. The Labute approximate surface area is 126 Å². The summed E-state index contributed by atoms with van der Waals surface area (Å²) in [6.07, 6.45) is 0.358. The zero-order valence-electron chi connectivity index (χ0n) is 13.2. The molecule has 2 N–H and O–H groups in total. The monoisotopic (exact) mass is 288 g/mol. The summed E-state index contributed by atoms with van der Waals surface area (Å²) in [7, 11) is 0. The molecular weight excluding hydrogens is 264 g/mol. The number of hydrogen-bond acceptors (Lipinski definition) is 2. The van der Waals surface area contributed by atoms with Crippen LogP contribution in [0.1, 0.15) is 43.6 Å². The van der Waals surface area contributed by atoms with E-state index in [2.05, 4.69) is 38.3 Å². The number of nitrogens with one attached hydrogen (secondary N) is 2. The van der Waals surface area contributed by atoms with E-state index in [1.807, 2.05) is 6.07 Å². The third-order valence-electron chi connectivity index (χ3n) is 4.20. The fourth-order valence-electron chi connectivity index (χ4n) is 2.92. The van der Waals surface area contributed by atoms with Gasteiger partial charge in [-0.2, -0.15) is 0 Å². The Morgan fingerprint density at radius 2 is 1.90 bits per heavy atom. The van der Waals surface area contributed by atoms with Gasteiger partial charge in [0.2, 0.25) is 5.91 Å². The summed E-state index contributed by atoms with van der Waals surface area (Å²) < 4.78 is 0. The van der Waals surface area contributed by atoms with E-state index >= 15 is 0 Å². The van der Waals surface area contributed by atoms with E-state index in [1.165, 1.54) is 0 Å². The maximum Gasteiger partial charge on any atom is 0.251 e. The van der Waals surface area contributed by atoms with Crippen LogP contribution in [0.2, 0.25) is 0 Å². The first kappa shape index (κ1) is 15.5. The van der Waals surface area contributed by atoms with Gasteiger partial charge in [-0.25, -0.2) is 0 Å². The predicted molar refractivity (Wildman–Crippen MR) is 84.3 cm³/mol. The lowest BCUT2D eigenvalue weighted by Crippen LogP contribution is -2.33. The molecule has 2 amide bonds. The lowest BCUT2D eigenvalue weighted by molar-refractivity contribution is -0.115. The molecule has 1 aromatic rings. The maximum atomic E-state index is 12.3. The van der Waals surface area contributed by atoms with Crippen molar-refractivity contribution in [3.8, 4) is 0 Å². The Morgan fingerprint density at radius 3 is 2.52 bits per heavy atom. The number of carbonyl (C=O) groups is 2. The van der Waals surface area contributed by atoms with Gasteiger partial charge in [0.25, 0.3) is 5.91 Å². The highest BCUT2D eigenvalue weighted by Crippen LogP contribution is 2.24. The van der Waals surface area contributed by atoms with Gasteiger partial charge in [0.15, 0.2) is 0 Å². The topological polar surface area (TPSA) is 58.2 Å². The molecule has 0 spiro atoms. The summed E-state index contributed by atoms with van der Waals surface area (Å²) in [6.45, 7) is 9.42. The highest BCUT2D eigenvalue weighted by molar-refractivity contribution is 6.01. The molecule has 0 saturated heterocycles. The van der Waals surface area contributed by atoms with Gasteiger partial charge in [-0.3, -0.25) is 9.59 Å².